The zero-order valence-electron chi connectivity index (χ0n) is 53.3. The molecule has 464 valence electrons. The van der Waals surface area contributed by atoms with Crippen LogP contribution < -0.4 is 0 Å². The number of hydrogen-bond donors (Lipinski definition) is 0. The van der Waals surface area contributed by atoms with Gasteiger partial charge >= 0.3 is 17.9 Å². The third kappa shape index (κ3) is 65.7. The molecular weight excluding hydrogens is 985 g/mol. The van der Waals surface area contributed by atoms with Gasteiger partial charge in [0.2, 0.25) is 0 Å². The van der Waals surface area contributed by atoms with Crippen molar-refractivity contribution in [3.63, 3.8) is 0 Å². The van der Waals surface area contributed by atoms with Gasteiger partial charge < -0.3 is 14.2 Å². The highest BCUT2D eigenvalue weighted by Crippen LogP contribution is 2.18. The van der Waals surface area contributed by atoms with Gasteiger partial charge in [0.15, 0.2) is 6.10 Å². The van der Waals surface area contributed by atoms with Crippen molar-refractivity contribution in [2.24, 2.45) is 0 Å². The van der Waals surface area contributed by atoms with Gasteiger partial charge in [-0.15, -0.1) is 0 Å². The van der Waals surface area contributed by atoms with Crippen LogP contribution in [0.25, 0.3) is 0 Å². The Morgan fingerprint density at radius 3 is 0.775 bits per heavy atom. The summed E-state index contributed by atoms with van der Waals surface area (Å²) in [6, 6.07) is 0. The molecule has 0 N–H and O–H groups in total. The number of esters is 3. The molecule has 0 aliphatic heterocycles. The van der Waals surface area contributed by atoms with E-state index in [1.807, 2.05) is 0 Å². The summed E-state index contributed by atoms with van der Waals surface area (Å²) < 4.78 is 17.0. The lowest BCUT2D eigenvalue weighted by atomic mass is 10.0. The van der Waals surface area contributed by atoms with Crippen molar-refractivity contribution in [1.29, 1.82) is 0 Å². The van der Waals surface area contributed by atoms with Gasteiger partial charge in [-0.25, -0.2) is 0 Å². The average Bonchev–Trinajstić information content (AvgIpc) is 3.46. The van der Waals surface area contributed by atoms with Gasteiger partial charge in [0, 0.05) is 19.3 Å². The van der Waals surface area contributed by atoms with Crippen LogP contribution in [0.15, 0.2) is 72.9 Å². The van der Waals surface area contributed by atoms with E-state index in [9.17, 15) is 14.4 Å². The van der Waals surface area contributed by atoms with Gasteiger partial charge in [0.25, 0.3) is 0 Å². The third-order valence-electron chi connectivity index (χ3n) is 15.4. The van der Waals surface area contributed by atoms with Crippen molar-refractivity contribution in [3.05, 3.63) is 72.9 Å². The van der Waals surface area contributed by atoms with E-state index in [1.54, 1.807) is 0 Å². The molecule has 80 heavy (non-hydrogen) atoms. The fourth-order valence-electron chi connectivity index (χ4n) is 10.2. The lowest BCUT2D eigenvalue weighted by molar-refractivity contribution is -0.167. The minimum absolute atomic E-state index is 0.0719. The molecule has 6 heteroatoms. The summed E-state index contributed by atoms with van der Waals surface area (Å²) in [7, 11) is 0. The molecule has 0 spiro atoms. The first-order valence-corrected chi connectivity index (χ1v) is 34.9. The largest absolute Gasteiger partial charge is 0.462 e. The summed E-state index contributed by atoms with van der Waals surface area (Å²) in [6.45, 7) is 6.56. The Morgan fingerprint density at radius 1 is 0.263 bits per heavy atom. The minimum atomic E-state index is -0.775. The highest BCUT2D eigenvalue weighted by Gasteiger charge is 2.19. The number of carbonyl (C=O) groups excluding carboxylic acids is 3. The summed E-state index contributed by atoms with van der Waals surface area (Å²) in [5.74, 6) is -0.858. The molecule has 0 aliphatic rings. The first-order chi connectivity index (χ1) is 39.5. The Bertz CT molecular complexity index is 1470. The molecule has 0 saturated carbocycles. The Labute approximate surface area is 497 Å². The fraction of sp³-hybridized carbons (Fsp3) is 0.797. The van der Waals surface area contributed by atoms with Gasteiger partial charge in [-0.2, -0.15) is 0 Å². The van der Waals surface area contributed by atoms with Gasteiger partial charge in [0.05, 0.1) is 0 Å². The molecule has 1 atom stereocenters. The molecule has 1 unspecified atom stereocenters. The van der Waals surface area contributed by atoms with E-state index in [4.69, 9.17) is 14.2 Å². The van der Waals surface area contributed by atoms with Crippen molar-refractivity contribution >= 4 is 17.9 Å². The predicted molar refractivity (Wildman–Crippen MR) is 348 cm³/mol. The van der Waals surface area contributed by atoms with E-state index < -0.39 is 6.10 Å². The molecule has 0 fully saturated rings. The molecule has 0 rings (SSSR count). The van der Waals surface area contributed by atoms with E-state index in [1.165, 1.54) is 225 Å². The number of hydrogen-bond acceptors (Lipinski definition) is 6. The number of allylic oxidation sites excluding steroid dienone is 12. The second kappa shape index (κ2) is 68.3. The molecule has 0 aliphatic carbocycles. The lowest BCUT2D eigenvalue weighted by Gasteiger charge is -2.18. The smallest absolute Gasteiger partial charge is 0.306 e. The zero-order valence-corrected chi connectivity index (χ0v) is 53.3. The van der Waals surface area contributed by atoms with Gasteiger partial charge in [-0.3, -0.25) is 14.4 Å². The highest BCUT2D eigenvalue weighted by molar-refractivity contribution is 5.71. The second-order valence-corrected chi connectivity index (χ2v) is 23.4. The maximum absolute atomic E-state index is 12.9. The Morgan fingerprint density at radius 2 is 0.487 bits per heavy atom. The predicted octanol–water partition coefficient (Wildman–Crippen LogP) is 24.1. The maximum atomic E-state index is 12.9. The van der Waals surface area contributed by atoms with E-state index in [0.29, 0.717) is 19.3 Å². The van der Waals surface area contributed by atoms with E-state index >= 15 is 0 Å². The lowest BCUT2D eigenvalue weighted by Crippen LogP contribution is -2.30. The zero-order chi connectivity index (χ0) is 57.8. The van der Waals surface area contributed by atoms with E-state index in [-0.39, 0.29) is 31.1 Å². The van der Waals surface area contributed by atoms with Gasteiger partial charge in [0.1, 0.15) is 13.2 Å². The first kappa shape index (κ1) is 76.9. The quantitative estimate of drug-likeness (QED) is 0.0261. The van der Waals surface area contributed by atoms with Crippen molar-refractivity contribution in [3.8, 4) is 0 Å². The van der Waals surface area contributed by atoms with Crippen LogP contribution in [0, 0.1) is 0 Å². The van der Waals surface area contributed by atoms with Crippen molar-refractivity contribution in [2.45, 2.75) is 367 Å². The fourth-order valence-corrected chi connectivity index (χ4v) is 10.2. The van der Waals surface area contributed by atoms with Crippen molar-refractivity contribution in [2.75, 3.05) is 13.2 Å². The molecule has 0 bridgehead atoms. The molecule has 0 aromatic heterocycles. The first-order valence-electron chi connectivity index (χ1n) is 34.9. The number of rotatable bonds is 64. The second-order valence-electron chi connectivity index (χ2n) is 23.4. The molecule has 0 aromatic rings. The topological polar surface area (TPSA) is 78.9 Å². The summed E-state index contributed by atoms with van der Waals surface area (Å²) in [5.41, 5.74) is 0. The van der Waals surface area contributed by atoms with Crippen LogP contribution in [-0.4, -0.2) is 37.2 Å². The molecule has 0 aromatic carbocycles. The summed E-state index contributed by atoms with van der Waals surface area (Å²) in [6.07, 6.45) is 89.3. The van der Waals surface area contributed by atoms with Crippen molar-refractivity contribution in [1.82, 2.24) is 0 Å². The highest BCUT2D eigenvalue weighted by atomic mass is 16.6. The van der Waals surface area contributed by atoms with Crippen LogP contribution in [0.4, 0.5) is 0 Å². The normalized spacial score (nSPS) is 12.5. The third-order valence-corrected chi connectivity index (χ3v) is 15.4. The van der Waals surface area contributed by atoms with Crippen LogP contribution in [0.3, 0.4) is 0 Å². The Balaban J connectivity index is 4.14. The summed E-state index contributed by atoms with van der Waals surface area (Å²) in [5, 5.41) is 0. The SMILES string of the molecule is CC/C=C\C/C=C\C/C=C\C/C=C\C/C=C\CCCCCCCCCCCCCCCCCCCC(=O)OCC(COC(=O)CCCCCCC/C=C\CCCCCCC)OC(=O)CCCCCCCCCCCCCCCCC. The minimum Gasteiger partial charge on any atom is -0.462 e. The monoisotopic (exact) mass is 1120 g/mol. The van der Waals surface area contributed by atoms with Crippen LogP contribution in [0.2, 0.25) is 0 Å². The average molecular weight is 1120 g/mol. The van der Waals surface area contributed by atoms with Crippen LogP contribution in [0.5, 0.6) is 0 Å². The summed E-state index contributed by atoms with van der Waals surface area (Å²) in [4.78, 5) is 38.3. The molecule has 0 saturated heterocycles. The van der Waals surface area contributed by atoms with Gasteiger partial charge in [-0.05, 0) is 89.9 Å². The maximum Gasteiger partial charge on any atom is 0.306 e. The van der Waals surface area contributed by atoms with Crippen LogP contribution in [-0.2, 0) is 28.6 Å². The van der Waals surface area contributed by atoms with Crippen LogP contribution in [0.1, 0.15) is 361 Å². The molecule has 6 nitrogen and oxygen atoms in total. The number of ether oxygens (including phenoxy) is 3. The number of carbonyl (C=O) groups is 3. The van der Waals surface area contributed by atoms with Gasteiger partial charge in [-0.1, -0.05) is 325 Å². The van der Waals surface area contributed by atoms with Crippen LogP contribution >= 0.6 is 0 Å². The molecular formula is C74H132O6. The Hall–Kier alpha value is -3.15. The van der Waals surface area contributed by atoms with E-state index in [2.05, 4.69) is 93.7 Å². The molecule has 0 heterocycles. The van der Waals surface area contributed by atoms with Crippen molar-refractivity contribution < 1.29 is 28.6 Å². The Kier molecular flexibility index (Phi) is 65.7. The molecule has 0 radical (unpaired) electrons. The standard InChI is InChI=1S/C74H132O6/c1-4-7-10-13-16-19-22-25-28-29-30-31-32-33-34-35-36-37-38-39-40-41-42-43-44-45-47-49-52-55-58-61-64-67-73(76)79-70-71(69-78-72(75)66-63-60-57-54-51-48-27-24-21-18-15-12-9-6-3)80-74(77)68-65-62-59-56-53-50-46-26-23-20-17-14-11-8-5-2/h7,10,16,19,24-25,27-28,30-31,33-34,71H,4-6,8-9,11-15,17-18,20-23,26,29,32,35-70H2,1-3H3/b10-7-,19-16-,27-24-,28-25-,31-30-,34-33-. The molecule has 0 amide bonds. The summed E-state index contributed by atoms with van der Waals surface area (Å²) >= 11 is 0. The van der Waals surface area contributed by atoms with E-state index in [0.717, 1.165) is 96.3 Å². The number of unbranched alkanes of at least 4 members (excludes halogenated alkanes) is 41.